The summed E-state index contributed by atoms with van der Waals surface area (Å²) < 4.78 is 5.11. The molecule has 24 heavy (non-hydrogen) atoms. The zero-order chi connectivity index (χ0) is 16.9. The molecule has 0 aliphatic carbocycles. The van der Waals surface area contributed by atoms with Gasteiger partial charge in [0.2, 0.25) is 5.91 Å². The number of nitrogens with one attached hydrogen (secondary N) is 1. The zero-order valence-corrected chi connectivity index (χ0v) is 14.3. The van der Waals surface area contributed by atoms with E-state index in [9.17, 15) is 9.59 Å². The van der Waals surface area contributed by atoms with E-state index in [1.807, 2.05) is 42.5 Å². The average molecular weight is 344 g/mol. The van der Waals surface area contributed by atoms with Gasteiger partial charge in [0, 0.05) is 31.5 Å². The maximum atomic E-state index is 12.9. The van der Waals surface area contributed by atoms with Crippen LogP contribution in [0.2, 0.25) is 0 Å². The molecule has 0 radical (unpaired) electrons. The van der Waals surface area contributed by atoms with Crippen LogP contribution in [0, 0.1) is 0 Å². The molecule has 126 valence electrons. The highest BCUT2D eigenvalue weighted by Gasteiger charge is 2.34. The number of nitrogens with zero attached hydrogens (tertiary/aromatic N) is 1. The molecule has 1 aromatic heterocycles. The van der Waals surface area contributed by atoms with Crippen molar-refractivity contribution in [1.29, 1.82) is 0 Å². The van der Waals surface area contributed by atoms with Gasteiger partial charge in [-0.05, 0) is 17.7 Å². The van der Waals surface area contributed by atoms with E-state index in [1.54, 1.807) is 12.0 Å². The third-order valence-corrected chi connectivity index (χ3v) is 5.07. The summed E-state index contributed by atoms with van der Waals surface area (Å²) in [4.78, 5) is 28.5. The number of thiophene rings is 1. The van der Waals surface area contributed by atoms with Crippen LogP contribution < -0.4 is 5.32 Å². The number of piperazine rings is 1. The number of ether oxygens (including phenoxy) is 1. The minimum absolute atomic E-state index is 0.0851. The van der Waals surface area contributed by atoms with E-state index in [-0.39, 0.29) is 11.8 Å². The molecule has 0 spiro atoms. The molecule has 2 aromatic rings. The van der Waals surface area contributed by atoms with Gasteiger partial charge in [0.05, 0.1) is 11.5 Å². The summed E-state index contributed by atoms with van der Waals surface area (Å²) >= 11 is 1.42. The zero-order valence-electron chi connectivity index (χ0n) is 13.5. The topological polar surface area (TPSA) is 58.6 Å². The van der Waals surface area contributed by atoms with Crippen molar-refractivity contribution in [1.82, 2.24) is 10.2 Å². The first kappa shape index (κ1) is 16.7. The molecule has 1 aliphatic heterocycles. The Morgan fingerprint density at radius 3 is 2.83 bits per heavy atom. The van der Waals surface area contributed by atoms with Crippen LogP contribution in [0.5, 0.6) is 0 Å². The fourth-order valence-corrected chi connectivity index (χ4v) is 3.79. The molecular weight excluding hydrogens is 324 g/mol. The third kappa shape index (κ3) is 3.66. The van der Waals surface area contributed by atoms with Crippen LogP contribution in [-0.4, -0.2) is 43.0 Å². The predicted octanol–water partition coefficient (Wildman–Crippen LogP) is 2.08. The number of rotatable bonds is 5. The molecule has 1 aromatic carbocycles. The summed E-state index contributed by atoms with van der Waals surface area (Å²) in [5.74, 6) is -0.176. The van der Waals surface area contributed by atoms with Crippen molar-refractivity contribution < 1.29 is 14.3 Å². The van der Waals surface area contributed by atoms with Gasteiger partial charge in [-0.25, -0.2) is 0 Å². The standard InChI is InChI=1S/C18H20N2O3S/c1-23-12-14-7-8-16(24-14)18(22)20-10-9-19-17(21)15(20)11-13-5-3-2-4-6-13/h2-8,15H,9-12H2,1H3,(H,19,21). The average Bonchev–Trinajstić information content (AvgIpc) is 3.06. The van der Waals surface area contributed by atoms with Gasteiger partial charge in [-0.15, -0.1) is 11.3 Å². The molecule has 2 amide bonds. The molecule has 0 bridgehead atoms. The molecule has 5 nitrogen and oxygen atoms in total. The van der Waals surface area contributed by atoms with Gasteiger partial charge in [-0.2, -0.15) is 0 Å². The van der Waals surface area contributed by atoms with Crippen molar-refractivity contribution in [3.63, 3.8) is 0 Å². The Kier molecular flexibility index (Phi) is 5.27. The van der Waals surface area contributed by atoms with E-state index in [4.69, 9.17) is 4.74 Å². The maximum Gasteiger partial charge on any atom is 0.264 e. The fraction of sp³-hybridized carbons (Fsp3) is 0.333. The first-order chi connectivity index (χ1) is 11.7. The number of amides is 2. The van der Waals surface area contributed by atoms with Crippen molar-refractivity contribution in [3.05, 3.63) is 57.8 Å². The fourth-order valence-electron chi connectivity index (χ4n) is 2.85. The molecule has 1 unspecified atom stereocenters. The van der Waals surface area contributed by atoms with E-state index in [2.05, 4.69) is 5.32 Å². The Morgan fingerprint density at radius 2 is 2.08 bits per heavy atom. The summed E-state index contributed by atoms with van der Waals surface area (Å²) in [5.41, 5.74) is 1.05. The van der Waals surface area contributed by atoms with Crippen LogP contribution in [0.4, 0.5) is 0 Å². The van der Waals surface area contributed by atoms with Crippen molar-refractivity contribution in [2.24, 2.45) is 0 Å². The van der Waals surface area contributed by atoms with E-state index in [1.165, 1.54) is 11.3 Å². The number of methoxy groups -OCH3 is 1. The van der Waals surface area contributed by atoms with Gasteiger partial charge >= 0.3 is 0 Å². The van der Waals surface area contributed by atoms with Crippen LogP contribution in [0.3, 0.4) is 0 Å². The lowest BCUT2D eigenvalue weighted by Gasteiger charge is -2.35. The smallest absolute Gasteiger partial charge is 0.264 e. The number of benzene rings is 1. The lowest BCUT2D eigenvalue weighted by molar-refractivity contribution is -0.127. The minimum atomic E-state index is -0.471. The molecule has 3 rings (SSSR count). The van der Waals surface area contributed by atoms with Crippen LogP contribution in [0.25, 0.3) is 0 Å². The van der Waals surface area contributed by atoms with Crippen LogP contribution >= 0.6 is 11.3 Å². The van der Waals surface area contributed by atoms with Gasteiger partial charge in [0.25, 0.3) is 5.91 Å². The first-order valence-electron chi connectivity index (χ1n) is 7.89. The number of hydrogen-bond donors (Lipinski definition) is 1. The summed E-state index contributed by atoms with van der Waals surface area (Å²) in [6.45, 7) is 1.51. The maximum absolute atomic E-state index is 12.9. The van der Waals surface area contributed by atoms with Crippen LogP contribution in [-0.2, 0) is 22.6 Å². The SMILES string of the molecule is COCc1ccc(C(=O)N2CCNC(=O)C2Cc2ccccc2)s1. The highest BCUT2D eigenvalue weighted by atomic mass is 32.1. The van der Waals surface area contributed by atoms with Gasteiger partial charge in [0.15, 0.2) is 0 Å². The molecule has 6 heteroatoms. The van der Waals surface area contributed by atoms with Crippen molar-refractivity contribution in [2.45, 2.75) is 19.1 Å². The summed E-state index contributed by atoms with van der Waals surface area (Å²) in [6.07, 6.45) is 0.523. The molecule has 1 fully saturated rings. The van der Waals surface area contributed by atoms with Gasteiger partial charge in [-0.1, -0.05) is 30.3 Å². The summed E-state index contributed by atoms with van der Waals surface area (Å²) in [7, 11) is 1.63. The second kappa shape index (κ2) is 7.59. The van der Waals surface area contributed by atoms with E-state index in [0.29, 0.717) is 31.0 Å². The van der Waals surface area contributed by atoms with E-state index in [0.717, 1.165) is 10.4 Å². The highest BCUT2D eigenvalue weighted by Crippen LogP contribution is 2.22. The normalized spacial score (nSPS) is 17.6. The monoisotopic (exact) mass is 344 g/mol. The van der Waals surface area contributed by atoms with Crippen molar-refractivity contribution in [3.8, 4) is 0 Å². The van der Waals surface area contributed by atoms with Crippen molar-refractivity contribution in [2.75, 3.05) is 20.2 Å². The lowest BCUT2D eigenvalue weighted by atomic mass is 10.0. The third-order valence-electron chi connectivity index (χ3n) is 4.02. The lowest BCUT2D eigenvalue weighted by Crippen LogP contribution is -2.57. The Labute approximate surface area is 145 Å². The van der Waals surface area contributed by atoms with Gasteiger partial charge in [-0.3, -0.25) is 9.59 Å². The molecular formula is C18H20N2O3S. The minimum Gasteiger partial charge on any atom is -0.379 e. The second-order valence-corrected chi connectivity index (χ2v) is 6.86. The Balaban J connectivity index is 1.79. The second-order valence-electron chi connectivity index (χ2n) is 5.69. The molecule has 1 N–H and O–H groups in total. The van der Waals surface area contributed by atoms with Crippen LogP contribution in [0.1, 0.15) is 20.1 Å². The van der Waals surface area contributed by atoms with E-state index < -0.39 is 6.04 Å². The molecule has 1 aliphatic rings. The summed E-state index contributed by atoms with van der Waals surface area (Å²) in [5, 5.41) is 2.86. The summed E-state index contributed by atoms with van der Waals surface area (Å²) in [6, 6.07) is 13.0. The molecule has 2 heterocycles. The molecule has 0 saturated carbocycles. The van der Waals surface area contributed by atoms with Gasteiger partial charge < -0.3 is 15.0 Å². The van der Waals surface area contributed by atoms with E-state index >= 15 is 0 Å². The number of carbonyl (C=O) groups excluding carboxylic acids is 2. The quantitative estimate of drug-likeness (QED) is 0.903. The Bertz CT molecular complexity index is 714. The Morgan fingerprint density at radius 1 is 1.29 bits per heavy atom. The molecule has 1 atom stereocenters. The predicted molar refractivity (Wildman–Crippen MR) is 93.0 cm³/mol. The van der Waals surface area contributed by atoms with Crippen molar-refractivity contribution >= 4 is 23.2 Å². The first-order valence-corrected chi connectivity index (χ1v) is 8.71. The number of hydrogen-bond acceptors (Lipinski definition) is 4. The van der Waals surface area contributed by atoms with Crippen LogP contribution in [0.15, 0.2) is 42.5 Å². The highest BCUT2D eigenvalue weighted by molar-refractivity contribution is 7.14. The molecule has 1 saturated heterocycles. The number of carbonyl (C=O) groups is 2. The van der Waals surface area contributed by atoms with Gasteiger partial charge in [0.1, 0.15) is 6.04 Å². The largest absolute Gasteiger partial charge is 0.379 e. The Hall–Kier alpha value is -2.18.